The van der Waals surface area contributed by atoms with Crippen LogP contribution < -0.4 is 10.2 Å². The maximum absolute atomic E-state index is 11.6. The number of ether oxygens (including phenoxy) is 1. The zero-order valence-electron chi connectivity index (χ0n) is 10.9. The van der Waals surface area contributed by atoms with Crippen LogP contribution in [0.5, 0.6) is 5.75 Å². The molecule has 4 nitrogen and oxygen atoms in total. The van der Waals surface area contributed by atoms with E-state index in [0.717, 1.165) is 18.6 Å². The van der Waals surface area contributed by atoms with Gasteiger partial charge in [0.05, 0.1) is 0 Å². The molecule has 0 spiro atoms. The van der Waals surface area contributed by atoms with E-state index in [-0.39, 0.29) is 12.5 Å². The fourth-order valence-corrected chi connectivity index (χ4v) is 2.64. The van der Waals surface area contributed by atoms with Crippen molar-refractivity contribution in [2.24, 2.45) is 16.9 Å². The summed E-state index contributed by atoms with van der Waals surface area (Å²) in [4.78, 5) is 11.6. The molecule has 1 fully saturated rings. The van der Waals surface area contributed by atoms with Crippen LogP contribution >= 0.6 is 11.6 Å². The van der Waals surface area contributed by atoms with Crippen LogP contribution in [0, 0.1) is 11.8 Å². The molecule has 0 radical (unpaired) electrons. The highest BCUT2D eigenvalue weighted by Gasteiger charge is 2.37. The lowest BCUT2D eigenvalue weighted by Gasteiger charge is -2.31. The maximum atomic E-state index is 11.6. The summed E-state index contributed by atoms with van der Waals surface area (Å²) in [5.41, 5.74) is 3.63. The van der Waals surface area contributed by atoms with E-state index in [2.05, 4.69) is 22.7 Å². The highest BCUT2D eigenvalue weighted by molar-refractivity contribution is 6.30. The first-order valence-electron chi connectivity index (χ1n) is 6.63. The Kier molecular flexibility index (Phi) is 3.74. The Bertz CT molecular complexity index is 566. The Morgan fingerprint density at radius 1 is 1.40 bits per heavy atom. The van der Waals surface area contributed by atoms with E-state index in [1.807, 2.05) is 0 Å². The quantitative estimate of drug-likeness (QED) is 0.685. The normalized spacial score (nSPS) is 25.1. The van der Waals surface area contributed by atoms with Gasteiger partial charge in [-0.1, -0.05) is 23.8 Å². The predicted octanol–water partition coefficient (Wildman–Crippen LogP) is 2.79. The summed E-state index contributed by atoms with van der Waals surface area (Å²) in [6.45, 7) is -0.0508. The standard InChI is InChI=1S/C15H15ClN2O2/c16-11-4-6-12(7-5-11)20-9-15(19)18-17-14-8-10-2-1-3-13(10)14/h1-2,4-7,10,13H,3,8-9H2,(H,18,19)/b17-14-. The molecule has 2 atom stereocenters. The van der Waals surface area contributed by atoms with Gasteiger partial charge in [0.25, 0.3) is 5.91 Å². The van der Waals surface area contributed by atoms with E-state index < -0.39 is 0 Å². The summed E-state index contributed by atoms with van der Waals surface area (Å²) in [5.74, 6) is 1.51. The monoisotopic (exact) mass is 290 g/mol. The van der Waals surface area contributed by atoms with Crippen LogP contribution in [-0.2, 0) is 4.79 Å². The van der Waals surface area contributed by atoms with E-state index in [0.29, 0.717) is 22.6 Å². The van der Waals surface area contributed by atoms with Gasteiger partial charge in [-0.2, -0.15) is 5.10 Å². The SMILES string of the molecule is O=C(COc1ccc(Cl)cc1)N/N=C1/CC2C=CCC12. The van der Waals surface area contributed by atoms with Crippen LogP contribution in [0.3, 0.4) is 0 Å². The summed E-state index contributed by atoms with van der Waals surface area (Å²) < 4.78 is 5.34. The second kappa shape index (κ2) is 5.67. The predicted molar refractivity (Wildman–Crippen MR) is 77.9 cm³/mol. The van der Waals surface area contributed by atoms with Crippen molar-refractivity contribution in [3.8, 4) is 5.75 Å². The first-order chi connectivity index (χ1) is 9.72. The van der Waals surface area contributed by atoms with Gasteiger partial charge in [-0.05, 0) is 43.0 Å². The lowest BCUT2D eigenvalue weighted by atomic mass is 9.74. The number of benzene rings is 1. The number of hydrogen-bond acceptors (Lipinski definition) is 3. The molecule has 20 heavy (non-hydrogen) atoms. The van der Waals surface area contributed by atoms with Gasteiger partial charge in [0.15, 0.2) is 6.61 Å². The largest absolute Gasteiger partial charge is 0.484 e. The molecule has 1 amide bonds. The van der Waals surface area contributed by atoms with Crippen LogP contribution in [0.2, 0.25) is 5.02 Å². The third-order valence-corrected chi connectivity index (χ3v) is 3.92. The van der Waals surface area contributed by atoms with Crippen LogP contribution in [0.4, 0.5) is 0 Å². The highest BCUT2D eigenvalue weighted by atomic mass is 35.5. The zero-order valence-corrected chi connectivity index (χ0v) is 11.6. The molecule has 0 bridgehead atoms. The molecule has 1 saturated carbocycles. The minimum absolute atomic E-state index is 0.0508. The van der Waals surface area contributed by atoms with Gasteiger partial charge in [-0.25, -0.2) is 5.43 Å². The minimum atomic E-state index is -0.248. The van der Waals surface area contributed by atoms with Crippen LogP contribution in [0.25, 0.3) is 0 Å². The van der Waals surface area contributed by atoms with Gasteiger partial charge in [-0.15, -0.1) is 0 Å². The number of carbonyl (C=O) groups excluding carboxylic acids is 1. The summed E-state index contributed by atoms with van der Waals surface area (Å²) in [5, 5.41) is 4.81. The molecule has 1 N–H and O–H groups in total. The lowest BCUT2D eigenvalue weighted by molar-refractivity contribution is -0.123. The minimum Gasteiger partial charge on any atom is -0.484 e. The molecular formula is C15H15ClN2O2. The molecule has 1 aromatic carbocycles. The first kappa shape index (κ1) is 13.2. The molecular weight excluding hydrogens is 276 g/mol. The van der Waals surface area contributed by atoms with Gasteiger partial charge in [-0.3, -0.25) is 4.79 Å². The molecule has 5 heteroatoms. The van der Waals surface area contributed by atoms with Gasteiger partial charge in [0, 0.05) is 16.7 Å². The third kappa shape index (κ3) is 2.85. The molecule has 0 aliphatic heterocycles. The number of allylic oxidation sites excluding steroid dienone is 2. The van der Waals surface area contributed by atoms with Crippen molar-refractivity contribution < 1.29 is 9.53 Å². The van der Waals surface area contributed by atoms with E-state index in [1.54, 1.807) is 24.3 Å². The van der Waals surface area contributed by atoms with Crippen LogP contribution in [0.15, 0.2) is 41.5 Å². The number of halogens is 1. The summed E-state index contributed by atoms with van der Waals surface area (Å²) in [6, 6.07) is 6.89. The molecule has 3 rings (SSSR count). The van der Waals surface area contributed by atoms with Crippen molar-refractivity contribution >= 4 is 23.2 Å². The Labute approximate surface area is 122 Å². The number of fused-ring (bicyclic) bond motifs is 1. The van der Waals surface area contributed by atoms with E-state index >= 15 is 0 Å². The molecule has 0 heterocycles. The Balaban J connectivity index is 1.44. The number of carbonyl (C=O) groups is 1. The molecule has 1 aromatic rings. The van der Waals surface area contributed by atoms with Crippen molar-refractivity contribution in [1.29, 1.82) is 0 Å². The molecule has 2 unspecified atom stereocenters. The van der Waals surface area contributed by atoms with E-state index in [1.165, 1.54) is 0 Å². The van der Waals surface area contributed by atoms with Crippen molar-refractivity contribution in [3.63, 3.8) is 0 Å². The number of nitrogens with zero attached hydrogens (tertiary/aromatic N) is 1. The number of hydrazone groups is 1. The molecule has 2 aliphatic rings. The summed E-state index contributed by atoms with van der Waals surface area (Å²) in [7, 11) is 0. The lowest BCUT2D eigenvalue weighted by Crippen LogP contribution is -2.36. The average molecular weight is 291 g/mol. The fraction of sp³-hybridized carbons (Fsp3) is 0.333. The van der Waals surface area contributed by atoms with Crippen molar-refractivity contribution in [1.82, 2.24) is 5.43 Å². The van der Waals surface area contributed by atoms with E-state index in [4.69, 9.17) is 16.3 Å². The van der Waals surface area contributed by atoms with Crippen LogP contribution in [0.1, 0.15) is 12.8 Å². The smallest absolute Gasteiger partial charge is 0.277 e. The fourth-order valence-electron chi connectivity index (χ4n) is 2.51. The van der Waals surface area contributed by atoms with Crippen molar-refractivity contribution in [2.75, 3.05) is 6.61 Å². The average Bonchev–Trinajstić information content (AvgIpc) is 2.80. The Hall–Kier alpha value is -1.81. The van der Waals surface area contributed by atoms with Crippen LogP contribution in [-0.4, -0.2) is 18.2 Å². The highest BCUT2D eigenvalue weighted by Crippen LogP contribution is 2.39. The first-order valence-corrected chi connectivity index (χ1v) is 7.00. The Morgan fingerprint density at radius 2 is 2.20 bits per heavy atom. The summed E-state index contributed by atoms with van der Waals surface area (Å²) in [6.07, 6.45) is 6.42. The number of hydrogen-bond donors (Lipinski definition) is 1. The second-order valence-corrected chi connectivity index (χ2v) is 5.46. The molecule has 2 aliphatic carbocycles. The van der Waals surface area contributed by atoms with Gasteiger partial charge < -0.3 is 4.74 Å². The number of nitrogens with one attached hydrogen (secondary N) is 1. The van der Waals surface area contributed by atoms with Crippen molar-refractivity contribution in [2.45, 2.75) is 12.8 Å². The second-order valence-electron chi connectivity index (χ2n) is 5.02. The molecule has 0 aromatic heterocycles. The molecule has 104 valence electrons. The third-order valence-electron chi connectivity index (χ3n) is 3.67. The number of amides is 1. The van der Waals surface area contributed by atoms with Gasteiger partial charge in [0.1, 0.15) is 5.75 Å². The Morgan fingerprint density at radius 3 is 2.95 bits per heavy atom. The number of rotatable bonds is 4. The van der Waals surface area contributed by atoms with E-state index in [9.17, 15) is 4.79 Å². The summed E-state index contributed by atoms with van der Waals surface area (Å²) >= 11 is 5.77. The van der Waals surface area contributed by atoms with Gasteiger partial charge in [0.2, 0.25) is 0 Å². The van der Waals surface area contributed by atoms with Gasteiger partial charge >= 0.3 is 0 Å². The van der Waals surface area contributed by atoms with Crippen molar-refractivity contribution in [3.05, 3.63) is 41.4 Å². The topological polar surface area (TPSA) is 50.7 Å². The molecule has 0 saturated heterocycles. The maximum Gasteiger partial charge on any atom is 0.277 e. The zero-order chi connectivity index (χ0) is 13.9.